The van der Waals surface area contributed by atoms with Crippen LogP contribution in [0.3, 0.4) is 0 Å². The maximum absolute atomic E-state index is 5.33. The minimum absolute atomic E-state index is 0.738. The van der Waals surface area contributed by atoms with Crippen molar-refractivity contribution in [2.75, 3.05) is 40.3 Å². The van der Waals surface area contributed by atoms with Gasteiger partial charge in [0, 0.05) is 20.1 Å². The van der Waals surface area contributed by atoms with Crippen LogP contribution in [0.5, 0.6) is 5.75 Å². The van der Waals surface area contributed by atoms with E-state index >= 15 is 0 Å². The normalized spacial score (nSPS) is 16.7. The smallest absolute Gasteiger partial charge is 0.191 e. The lowest BCUT2D eigenvalue weighted by molar-refractivity contribution is 0.191. The lowest BCUT2D eigenvalue weighted by atomic mass is 9.99. The number of guanidine groups is 1. The molecule has 0 aliphatic carbocycles. The summed E-state index contributed by atoms with van der Waals surface area (Å²) in [5.74, 6) is 2.65. The fraction of sp³-hybridized carbons (Fsp3) is 0.650. The van der Waals surface area contributed by atoms with Crippen LogP contribution in [0.2, 0.25) is 0 Å². The van der Waals surface area contributed by atoms with Gasteiger partial charge in [0.1, 0.15) is 5.75 Å². The van der Waals surface area contributed by atoms with Gasteiger partial charge in [-0.1, -0.05) is 13.0 Å². The Morgan fingerprint density at radius 1 is 1.24 bits per heavy atom. The summed E-state index contributed by atoms with van der Waals surface area (Å²) in [4.78, 5) is 6.89. The molecule has 5 nitrogen and oxygen atoms in total. The van der Waals surface area contributed by atoms with Crippen LogP contribution in [0.25, 0.3) is 0 Å². The largest absolute Gasteiger partial charge is 0.497 e. The number of benzene rings is 1. The number of aryl methyl sites for hydroxylation is 1. The quantitative estimate of drug-likeness (QED) is 0.453. The Morgan fingerprint density at radius 2 is 2.00 bits per heavy atom. The first-order valence-corrected chi connectivity index (χ1v) is 9.42. The van der Waals surface area contributed by atoms with Gasteiger partial charge in [-0.15, -0.1) is 0 Å². The fourth-order valence-corrected chi connectivity index (χ4v) is 3.25. The zero-order valence-electron chi connectivity index (χ0n) is 16.3. The highest BCUT2D eigenvalue weighted by molar-refractivity contribution is 5.79. The molecule has 0 unspecified atom stereocenters. The molecule has 0 amide bonds. The predicted octanol–water partition coefficient (Wildman–Crippen LogP) is 2.79. The van der Waals surface area contributed by atoms with Gasteiger partial charge in [-0.05, 0) is 75.0 Å². The van der Waals surface area contributed by atoms with Crippen LogP contribution in [-0.2, 0) is 6.54 Å². The number of piperidine rings is 1. The Labute approximate surface area is 152 Å². The second-order valence-electron chi connectivity index (χ2n) is 7.09. The third-order valence-electron chi connectivity index (χ3n) is 4.85. The van der Waals surface area contributed by atoms with Crippen LogP contribution < -0.4 is 15.4 Å². The average molecular weight is 347 g/mol. The van der Waals surface area contributed by atoms with Gasteiger partial charge < -0.3 is 20.3 Å². The van der Waals surface area contributed by atoms with Gasteiger partial charge in [0.05, 0.1) is 7.11 Å². The lowest BCUT2D eigenvalue weighted by Gasteiger charge is -2.30. The number of nitrogens with one attached hydrogen (secondary N) is 2. The van der Waals surface area contributed by atoms with Gasteiger partial charge in [0.2, 0.25) is 0 Å². The number of likely N-dealkylation sites (tertiary alicyclic amines) is 1. The van der Waals surface area contributed by atoms with E-state index in [4.69, 9.17) is 4.74 Å². The van der Waals surface area contributed by atoms with Crippen molar-refractivity contribution in [1.29, 1.82) is 0 Å². The molecule has 25 heavy (non-hydrogen) atoms. The van der Waals surface area contributed by atoms with E-state index in [0.717, 1.165) is 37.1 Å². The van der Waals surface area contributed by atoms with Crippen molar-refractivity contribution in [3.05, 3.63) is 29.3 Å². The number of hydrogen-bond donors (Lipinski definition) is 2. The molecule has 1 aromatic carbocycles. The minimum Gasteiger partial charge on any atom is -0.497 e. The molecule has 1 heterocycles. The van der Waals surface area contributed by atoms with Crippen LogP contribution in [-0.4, -0.2) is 51.2 Å². The Kier molecular flexibility index (Phi) is 8.06. The van der Waals surface area contributed by atoms with Crippen molar-refractivity contribution in [2.45, 2.75) is 39.7 Å². The van der Waals surface area contributed by atoms with Crippen LogP contribution in [0.1, 0.15) is 37.3 Å². The number of hydrogen-bond acceptors (Lipinski definition) is 3. The summed E-state index contributed by atoms with van der Waals surface area (Å²) in [6, 6.07) is 6.27. The van der Waals surface area contributed by atoms with Gasteiger partial charge in [0.25, 0.3) is 0 Å². The molecule has 140 valence electrons. The summed E-state index contributed by atoms with van der Waals surface area (Å²) in [7, 11) is 3.52. The highest BCUT2D eigenvalue weighted by Gasteiger charge is 2.14. The Bertz CT molecular complexity index is 551. The summed E-state index contributed by atoms with van der Waals surface area (Å²) >= 11 is 0. The van der Waals surface area contributed by atoms with Crippen LogP contribution >= 0.6 is 0 Å². The van der Waals surface area contributed by atoms with Crippen molar-refractivity contribution in [3.63, 3.8) is 0 Å². The van der Waals surface area contributed by atoms with Gasteiger partial charge in [-0.25, -0.2) is 0 Å². The molecule has 0 bridgehead atoms. The minimum atomic E-state index is 0.738. The summed E-state index contributed by atoms with van der Waals surface area (Å²) in [5.41, 5.74) is 2.40. The SMILES string of the molecule is CN=C(NCCCN1CCC(C)CC1)NCc1cc(C)cc(OC)c1. The van der Waals surface area contributed by atoms with Crippen LogP contribution in [0.4, 0.5) is 0 Å². The van der Waals surface area contributed by atoms with E-state index in [2.05, 4.69) is 46.5 Å². The molecule has 1 aliphatic heterocycles. The first-order chi connectivity index (χ1) is 12.1. The summed E-state index contributed by atoms with van der Waals surface area (Å²) in [6.45, 7) is 9.81. The van der Waals surface area contributed by atoms with Crippen molar-refractivity contribution < 1.29 is 4.74 Å². The van der Waals surface area contributed by atoms with E-state index in [0.29, 0.717) is 0 Å². The molecule has 1 aromatic rings. The first-order valence-electron chi connectivity index (χ1n) is 9.42. The van der Waals surface area contributed by atoms with Gasteiger partial charge in [-0.3, -0.25) is 4.99 Å². The zero-order valence-corrected chi connectivity index (χ0v) is 16.3. The number of methoxy groups -OCH3 is 1. The predicted molar refractivity (Wildman–Crippen MR) is 105 cm³/mol. The van der Waals surface area contributed by atoms with Crippen LogP contribution in [0.15, 0.2) is 23.2 Å². The number of ether oxygens (including phenoxy) is 1. The number of nitrogens with zero attached hydrogens (tertiary/aromatic N) is 2. The van der Waals surface area contributed by atoms with E-state index in [-0.39, 0.29) is 0 Å². The molecule has 0 spiro atoms. The molecule has 0 atom stereocenters. The maximum atomic E-state index is 5.33. The summed E-state index contributed by atoms with van der Waals surface area (Å²) in [5, 5.41) is 6.79. The standard InChI is InChI=1S/C20H34N4O/c1-16-6-10-24(11-7-16)9-5-8-22-20(21-3)23-15-18-12-17(2)13-19(14-18)25-4/h12-14,16H,5-11,15H2,1-4H3,(H2,21,22,23). The topological polar surface area (TPSA) is 48.9 Å². The van der Waals surface area contributed by atoms with E-state index < -0.39 is 0 Å². The molecular weight excluding hydrogens is 312 g/mol. The third kappa shape index (κ3) is 6.94. The molecule has 2 rings (SSSR count). The molecule has 1 aliphatic rings. The summed E-state index contributed by atoms with van der Waals surface area (Å²) < 4.78 is 5.33. The molecular formula is C20H34N4O. The van der Waals surface area contributed by atoms with Crippen molar-refractivity contribution in [3.8, 4) is 5.75 Å². The van der Waals surface area contributed by atoms with E-state index in [1.807, 2.05) is 13.1 Å². The highest BCUT2D eigenvalue weighted by atomic mass is 16.5. The lowest BCUT2D eigenvalue weighted by Crippen LogP contribution is -2.39. The third-order valence-corrected chi connectivity index (χ3v) is 4.85. The van der Waals surface area contributed by atoms with Crippen molar-refractivity contribution in [2.24, 2.45) is 10.9 Å². The number of aliphatic imine (C=N–C) groups is 1. The monoisotopic (exact) mass is 346 g/mol. The van der Waals surface area contributed by atoms with Crippen LogP contribution in [0, 0.1) is 12.8 Å². The van der Waals surface area contributed by atoms with Gasteiger partial charge in [-0.2, -0.15) is 0 Å². The Morgan fingerprint density at radius 3 is 2.68 bits per heavy atom. The Balaban J connectivity index is 1.68. The first kappa shape index (κ1) is 19.6. The van der Waals surface area contributed by atoms with Crippen molar-refractivity contribution in [1.82, 2.24) is 15.5 Å². The molecule has 0 saturated carbocycles. The molecule has 5 heteroatoms. The van der Waals surface area contributed by atoms with E-state index in [1.165, 1.54) is 43.6 Å². The molecule has 0 aromatic heterocycles. The molecule has 1 fully saturated rings. The van der Waals surface area contributed by atoms with Crippen molar-refractivity contribution >= 4 is 5.96 Å². The van der Waals surface area contributed by atoms with Gasteiger partial charge >= 0.3 is 0 Å². The second-order valence-corrected chi connectivity index (χ2v) is 7.09. The second kappa shape index (κ2) is 10.3. The number of rotatable bonds is 7. The zero-order chi connectivity index (χ0) is 18.1. The molecule has 2 N–H and O–H groups in total. The molecule has 0 radical (unpaired) electrons. The van der Waals surface area contributed by atoms with E-state index in [1.54, 1.807) is 7.11 Å². The maximum Gasteiger partial charge on any atom is 0.191 e. The fourth-order valence-electron chi connectivity index (χ4n) is 3.25. The van der Waals surface area contributed by atoms with E-state index in [9.17, 15) is 0 Å². The Hall–Kier alpha value is -1.75. The average Bonchev–Trinajstić information content (AvgIpc) is 2.62. The van der Waals surface area contributed by atoms with Gasteiger partial charge in [0.15, 0.2) is 5.96 Å². The highest BCUT2D eigenvalue weighted by Crippen LogP contribution is 2.16. The summed E-state index contributed by atoms with van der Waals surface area (Å²) in [6.07, 6.45) is 3.83. The molecule has 1 saturated heterocycles.